The topological polar surface area (TPSA) is 34.8 Å². The molecule has 1 N–H and O–H groups in total. The van der Waals surface area contributed by atoms with Gasteiger partial charge in [-0.05, 0) is 17.7 Å². The highest BCUT2D eigenvalue weighted by molar-refractivity contribution is 5.31. The fourth-order valence-electron chi connectivity index (χ4n) is 1.04. The summed E-state index contributed by atoms with van der Waals surface area (Å²) in [6.45, 7) is 1.06. The molecule has 2 rings (SSSR count). The molecule has 11 heavy (non-hydrogen) atoms. The van der Waals surface area contributed by atoms with E-state index < -0.39 is 0 Å². The first-order valence-electron chi connectivity index (χ1n) is 3.56. The van der Waals surface area contributed by atoms with E-state index in [0.717, 1.165) is 12.2 Å². The minimum Gasteiger partial charge on any atom is -0.307 e. The molecule has 1 aliphatic heterocycles. The predicted octanol–water partition coefficient (Wildman–Crippen LogP) is 0.707. The van der Waals surface area contributed by atoms with Gasteiger partial charge in [-0.25, -0.2) is 4.98 Å². The first-order chi connectivity index (χ1) is 5.40. The Morgan fingerprint density at radius 2 is 2.55 bits per heavy atom. The number of hydrogen-bond acceptors (Lipinski definition) is 2. The molecule has 1 fully saturated rings. The van der Waals surface area contributed by atoms with Gasteiger partial charge in [-0.1, -0.05) is 5.92 Å². The molecule has 54 valence electrons. The zero-order valence-electron chi connectivity index (χ0n) is 6.04. The van der Waals surface area contributed by atoms with Crippen LogP contribution in [-0.4, -0.2) is 11.5 Å². The van der Waals surface area contributed by atoms with Crippen LogP contribution in [0.3, 0.4) is 0 Å². The van der Waals surface area contributed by atoms with Crippen molar-refractivity contribution in [2.45, 2.75) is 6.04 Å². The summed E-state index contributed by atoms with van der Waals surface area (Å²) in [5, 5.41) is 3.21. The van der Waals surface area contributed by atoms with E-state index in [4.69, 9.17) is 6.42 Å². The Morgan fingerprint density at radius 3 is 3.18 bits per heavy atom. The Labute approximate surface area is 65.7 Å². The second-order valence-electron chi connectivity index (χ2n) is 2.58. The maximum absolute atomic E-state index is 5.21. The Morgan fingerprint density at radius 1 is 1.73 bits per heavy atom. The zero-order chi connectivity index (χ0) is 7.68. The minimum atomic E-state index is 0.519. The molecule has 0 saturated carbocycles. The van der Waals surface area contributed by atoms with Gasteiger partial charge in [0.15, 0.2) is 0 Å². The van der Waals surface area contributed by atoms with Crippen LogP contribution < -0.4 is 5.32 Å². The number of rotatable bonds is 1. The number of pyridine rings is 1. The van der Waals surface area contributed by atoms with Crippen molar-refractivity contribution in [3.63, 3.8) is 0 Å². The standard InChI is InChI=1S/C9H8N2/c1-2-8-5-7(3-4-10-8)9-6-11-9/h1,3-5,9,11H,6H2/t9-/m1/s1. The van der Waals surface area contributed by atoms with Gasteiger partial charge < -0.3 is 5.32 Å². The maximum atomic E-state index is 5.21. The molecule has 1 atom stereocenters. The van der Waals surface area contributed by atoms with Crippen LogP contribution in [0.1, 0.15) is 17.3 Å². The van der Waals surface area contributed by atoms with Gasteiger partial charge in [0.2, 0.25) is 0 Å². The first-order valence-corrected chi connectivity index (χ1v) is 3.56. The molecule has 1 aliphatic rings. The van der Waals surface area contributed by atoms with Crippen LogP contribution in [0, 0.1) is 12.3 Å². The first kappa shape index (κ1) is 6.38. The fraction of sp³-hybridized carbons (Fsp3) is 0.222. The summed E-state index contributed by atoms with van der Waals surface area (Å²) >= 11 is 0. The van der Waals surface area contributed by atoms with Gasteiger partial charge in [0.05, 0.1) is 0 Å². The molecule has 0 unspecified atom stereocenters. The molecule has 1 aromatic heterocycles. The van der Waals surface area contributed by atoms with E-state index in [2.05, 4.69) is 16.2 Å². The van der Waals surface area contributed by atoms with E-state index in [1.54, 1.807) is 6.20 Å². The predicted molar refractivity (Wildman–Crippen MR) is 42.9 cm³/mol. The third kappa shape index (κ3) is 1.24. The van der Waals surface area contributed by atoms with E-state index in [1.165, 1.54) is 5.56 Å². The molecule has 2 nitrogen and oxygen atoms in total. The van der Waals surface area contributed by atoms with Crippen molar-refractivity contribution < 1.29 is 0 Å². The molecular formula is C9H8N2. The molecule has 2 heteroatoms. The molecule has 0 radical (unpaired) electrons. The SMILES string of the molecule is C#Cc1cc([C@H]2CN2)ccn1. The number of terminal acetylenes is 1. The van der Waals surface area contributed by atoms with Gasteiger partial charge in [-0.15, -0.1) is 6.42 Å². The monoisotopic (exact) mass is 144 g/mol. The average Bonchev–Trinajstić information content (AvgIpc) is 2.87. The van der Waals surface area contributed by atoms with E-state index in [0.29, 0.717) is 6.04 Å². The Hall–Kier alpha value is -1.33. The van der Waals surface area contributed by atoms with Crippen molar-refractivity contribution in [3.05, 3.63) is 29.6 Å². The maximum Gasteiger partial charge on any atom is 0.113 e. The quantitative estimate of drug-likeness (QED) is 0.465. The summed E-state index contributed by atoms with van der Waals surface area (Å²) < 4.78 is 0. The second kappa shape index (κ2) is 2.37. The fourth-order valence-corrected chi connectivity index (χ4v) is 1.04. The summed E-state index contributed by atoms with van der Waals surface area (Å²) in [5.41, 5.74) is 1.96. The molecule has 0 aliphatic carbocycles. The Bertz CT molecular complexity index is 308. The van der Waals surface area contributed by atoms with Gasteiger partial charge in [0, 0.05) is 18.8 Å². The molecule has 0 amide bonds. The Kier molecular flexibility index (Phi) is 1.38. The van der Waals surface area contributed by atoms with Crippen LogP contribution >= 0.6 is 0 Å². The minimum absolute atomic E-state index is 0.519. The highest BCUT2D eigenvalue weighted by Gasteiger charge is 2.21. The average molecular weight is 144 g/mol. The van der Waals surface area contributed by atoms with E-state index in [9.17, 15) is 0 Å². The number of aromatic nitrogens is 1. The summed E-state index contributed by atoms with van der Waals surface area (Å²) in [5.74, 6) is 2.51. The van der Waals surface area contributed by atoms with E-state index in [-0.39, 0.29) is 0 Å². The van der Waals surface area contributed by atoms with Crippen molar-refractivity contribution in [3.8, 4) is 12.3 Å². The normalized spacial score (nSPS) is 20.8. The lowest BCUT2D eigenvalue weighted by Gasteiger charge is -1.95. The van der Waals surface area contributed by atoms with Crippen LogP contribution in [0.15, 0.2) is 18.3 Å². The summed E-state index contributed by atoms with van der Waals surface area (Å²) in [6, 6.07) is 4.46. The second-order valence-corrected chi connectivity index (χ2v) is 2.58. The third-order valence-electron chi connectivity index (χ3n) is 1.74. The summed E-state index contributed by atoms with van der Waals surface area (Å²) in [7, 11) is 0. The molecule has 0 spiro atoms. The Balaban J connectivity index is 2.35. The summed E-state index contributed by atoms with van der Waals surface area (Å²) in [4.78, 5) is 4.00. The zero-order valence-corrected chi connectivity index (χ0v) is 6.04. The van der Waals surface area contributed by atoms with Crippen molar-refractivity contribution in [1.29, 1.82) is 0 Å². The van der Waals surface area contributed by atoms with E-state index >= 15 is 0 Å². The van der Waals surface area contributed by atoms with Crippen molar-refractivity contribution in [2.75, 3.05) is 6.54 Å². The molecule has 0 bridgehead atoms. The molecule has 1 saturated heterocycles. The number of nitrogens with one attached hydrogen (secondary N) is 1. The van der Waals surface area contributed by atoms with Crippen LogP contribution in [0.2, 0.25) is 0 Å². The van der Waals surface area contributed by atoms with Crippen molar-refractivity contribution >= 4 is 0 Å². The summed E-state index contributed by atoms with van der Waals surface area (Å²) in [6.07, 6.45) is 6.96. The van der Waals surface area contributed by atoms with Crippen molar-refractivity contribution in [1.82, 2.24) is 10.3 Å². The largest absolute Gasteiger partial charge is 0.307 e. The molecule has 0 aromatic carbocycles. The van der Waals surface area contributed by atoms with Gasteiger partial charge in [-0.3, -0.25) is 0 Å². The smallest absolute Gasteiger partial charge is 0.113 e. The van der Waals surface area contributed by atoms with Crippen LogP contribution in [0.4, 0.5) is 0 Å². The van der Waals surface area contributed by atoms with Gasteiger partial charge in [0.25, 0.3) is 0 Å². The highest BCUT2D eigenvalue weighted by Crippen LogP contribution is 2.20. The lowest BCUT2D eigenvalue weighted by molar-refractivity contribution is 1.06. The number of hydrogen-bond donors (Lipinski definition) is 1. The molecular weight excluding hydrogens is 136 g/mol. The van der Waals surface area contributed by atoms with Crippen LogP contribution in [-0.2, 0) is 0 Å². The number of nitrogens with zero attached hydrogens (tertiary/aromatic N) is 1. The van der Waals surface area contributed by atoms with Gasteiger partial charge >= 0.3 is 0 Å². The molecule has 1 aromatic rings. The molecule has 2 heterocycles. The van der Waals surface area contributed by atoms with Gasteiger partial charge in [0.1, 0.15) is 5.69 Å². The van der Waals surface area contributed by atoms with Crippen LogP contribution in [0.25, 0.3) is 0 Å². The van der Waals surface area contributed by atoms with Crippen molar-refractivity contribution in [2.24, 2.45) is 0 Å². The van der Waals surface area contributed by atoms with Gasteiger partial charge in [-0.2, -0.15) is 0 Å². The van der Waals surface area contributed by atoms with E-state index in [1.807, 2.05) is 12.1 Å². The third-order valence-corrected chi connectivity index (χ3v) is 1.74. The lowest BCUT2D eigenvalue weighted by Crippen LogP contribution is -1.87. The lowest BCUT2D eigenvalue weighted by atomic mass is 10.2. The van der Waals surface area contributed by atoms with Crippen LogP contribution in [0.5, 0.6) is 0 Å². The highest BCUT2D eigenvalue weighted by atomic mass is 15.1.